The first-order valence-corrected chi connectivity index (χ1v) is 13.1. The summed E-state index contributed by atoms with van der Waals surface area (Å²) in [5, 5.41) is 20.7. The van der Waals surface area contributed by atoms with Gasteiger partial charge in [-0.25, -0.2) is 0 Å². The number of halogens is 1. The standard InChI is InChI=1S/C26H26BrN5O5/c27-17-13-20(25(33)30-10-4-1-5-11-30)24(23(14-17)32(35)36)37-18-7-6-12-31(16-18)26(34)21-15-28-29-22-9-3-2-8-19(21)22/h2-3,8-9,13-15,18H,1,4-7,10-12,16H2/t18-/m1/s1. The van der Waals surface area contributed by atoms with Crippen LogP contribution in [-0.4, -0.2) is 69.0 Å². The third-order valence-corrected chi connectivity index (χ3v) is 7.29. The van der Waals surface area contributed by atoms with Crippen LogP contribution in [0.5, 0.6) is 5.75 Å². The molecule has 2 aliphatic heterocycles. The Labute approximate surface area is 221 Å². The van der Waals surface area contributed by atoms with Crippen LogP contribution in [0.1, 0.15) is 52.8 Å². The monoisotopic (exact) mass is 567 g/mol. The highest BCUT2D eigenvalue weighted by Gasteiger charge is 2.33. The highest BCUT2D eigenvalue weighted by atomic mass is 79.9. The lowest BCUT2D eigenvalue weighted by Crippen LogP contribution is -2.44. The lowest BCUT2D eigenvalue weighted by Gasteiger charge is -2.33. The molecule has 2 amide bonds. The number of hydrogen-bond donors (Lipinski definition) is 0. The van der Waals surface area contributed by atoms with E-state index in [1.165, 1.54) is 12.3 Å². The smallest absolute Gasteiger partial charge is 0.312 e. The summed E-state index contributed by atoms with van der Waals surface area (Å²) in [6, 6.07) is 10.2. The third-order valence-electron chi connectivity index (χ3n) is 6.83. The molecule has 0 radical (unpaired) electrons. The van der Waals surface area contributed by atoms with E-state index < -0.39 is 11.0 Å². The van der Waals surface area contributed by atoms with Crippen molar-refractivity contribution in [1.82, 2.24) is 20.0 Å². The Morgan fingerprint density at radius 1 is 1.00 bits per heavy atom. The lowest BCUT2D eigenvalue weighted by atomic mass is 10.0. The minimum atomic E-state index is -0.534. The van der Waals surface area contributed by atoms with Crippen LogP contribution in [0.2, 0.25) is 0 Å². The van der Waals surface area contributed by atoms with E-state index in [1.54, 1.807) is 21.9 Å². The topological polar surface area (TPSA) is 119 Å². The van der Waals surface area contributed by atoms with Gasteiger partial charge in [-0.1, -0.05) is 34.1 Å². The average Bonchev–Trinajstić information content (AvgIpc) is 2.93. The number of amides is 2. The Balaban J connectivity index is 1.42. The second kappa shape index (κ2) is 10.8. The summed E-state index contributed by atoms with van der Waals surface area (Å²) >= 11 is 3.31. The molecule has 10 nitrogen and oxygen atoms in total. The van der Waals surface area contributed by atoms with Crippen LogP contribution in [0.15, 0.2) is 47.1 Å². The number of benzene rings is 2. The van der Waals surface area contributed by atoms with Gasteiger partial charge in [-0.2, -0.15) is 10.2 Å². The maximum absolute atomic E-state index is 13.4. The molecule has 0 N–H and O–H groups in total. The zero-order chi connectivity index (χ0) is 25.9. The van der Waals surface area contributed by atoms with Gasteiger partial charge >= 0.3 is 5.69 Å². The van der Waals surface area contributed by atoms with Gasteiger partial charge in [0.05, 0.1) is 34.3 Å². The Kier molecular flexibility index (Phi) is 7.31. The summed E-state index contributed by atoms with van der Waals surface area (Å²) in [5.74, 6) is -0.523. The van der Waals surface area contributed by atoms with E-state index >= 15 is 0 Å². The van der Waals surface area contributed by atoms with Crippen LogP contribution in [0.3, 0.4) is 0 Å². The van der Waals surface area contributed by atoms with Crippen molar-refractivity contribution in [2.45, 2.75) is 38.2 Å². The molecule has 2 fully saturated rings. The molecule has 3 heterocycles. The van der Waals surface area contributed by atoms with Crippen LogP contribution >= 0.6 is 15.9 Å². The number of nitro groups is 1. The van der Waals surface area contributed by atoms with E-state index in [-0.39, 0.29) is 35.4 Å². The summed E-state index contributed by atoms with van der Waals surface area (Å²) in [6.45, 7) is 1.98. The Morgan fingerprint density at radius 2 is 1.73 bits per heavy atom. The second-order valence-corrected chi connectivity index (χ2v) is 10.2. The van der Waals surface area contributed by atoms with E-state index in [2.05, 4.69) is 26.1 Å². The molecule has 0 unspecified atom stereocenters. The molecular weight excluding hydrogens is 542 g/mol. The molecule has 2 saturated heterocycles. The molecule has 2 aliphatic rings. The predicted molar refractivity (Wildman–Crippen MR) is 140 cm³/mol. The number of carbonyl (C=O) groups excluding carboxylic acids is 2. The second-order valence-electron chi connectivity index (χ2n) is 9.32. The zero-order valence-corrected chi connectivity index (χ0v) is 21.7. The fourth-order valence-electron chi connectivity index (χ4n) is 5.00. The summed E-state index contributed by atoms with van der Waals surface area (Å²) < 4.78 is 6.65. The normalized spacial score (nSPS) is 18.0. The molecule has 0 bridgehead atoms. The summed E-state index contributed by atoms with van der Waals surface area (Å²) in [4.78, 5) is 41.7. The van der Waals surface area contributed by atoms with Crippen molar-refractivity contribution in [2.24, 2.45) is 0 Å². The number of nitro benzene ring substituents is 1. The first kappa shape index (κ1) is 25.1. The summed E-state index contributed by atoms with van der Waals surface area (Å²) in [7, 11) is 0. The fourth-order valence-corrected chi connectivity index (χ4v) is 5.44. The molecule has 192 valence electrons. The zero-order valence-electron chi connectivity index (χ0n) is 20.1. The van der Waals surface area contributed by atoms with Crippen molar-refractivity contribution < 1.29 is 19.2 Å². The number of piperidine rings is 2. The quantitative estimate of drug-likeness (QED) is 0.326. The largest absolute Gasteiger partial charge is 0.481 e. The maximum Gasteiger partial charge on any atom is 0.312 e. The Bertz CT molecular complexity index is 1360. The van der Waals surface area contributed by atoms with Crippen LogP contribution in [0, 0.1) is 10.1 Å². The van der Waals surface area contributed by atoms with Crippen molar-refractivity contribution >= 4 is 44.3 Å². The van der Waals surface area contributed by atoms with Gasteiger partial charge in [0.2, 0.25) is 5.75 Å². The molecule has 5 rings (SSSR count). The number of nitrogens with zero attached hydrogens (tertiary/aromatic N) is 5. The minimum Gasteiger partial charge on any atom is -0.481 e. The molecular formula is C26H26BrN5O5. The van der Waals surface area contributed by atoms with Crippen LogP contribution < -0.4 is 4.74 Å². The van der Waals surface area contributed by atoms with Gasteiger partial charge in [-0.05, 0) is 44.2 Å². The van der Waals surface area contributed by atoms with Crippen molar-refractivity contribution in [2.75, 3.05) is 26.2 Å². The van der Waals surface area contributed by atoms with Crippen molar-refractivity contribution in [3.63, 3.8) is 0 Å². The van der Waals surface area contributed by atoms with E-state index in [0.717, 1.165) is 19.3 Å². The van der Waals surface area contributed by atoms with Crippen LogP contribution in [0.4, 0.5) is 5.69 Å². The summed E-state index contributed by atoms with van der Waals surface area (Å²) in [6.07, 6.45) is 5.07. The van der Waals surface area contributed by atoms with Gasteiger partial charge < -0.3 is 14.5 Å². The van der Waals surface area contributed by atoms with Gasteiger partial charge in [0.25, 0.3) is 11.8 Å². The van der Waals surface area contributed by atoms with Gasteiger partial charge in [-0.3, -0.25) is 19.7 Å². The number of fused-ring (bicyclic) bond motifs is 1. The van der Waals surface area contributed by atoms with E-state index in [9.17, 15) is 19.7 Å². The number of carbonyl (C=O) groups is 2. The molecule has 0 aliphatic carbocycles. The highest BCUT2D eigenvalue weighted by molar-refractivity contribution is 9.10. The van der Waals surface area contributed by atoms with Gasteiger partial charge in [-0.15, -0.1) is 0 Å². The van der Waals surface area contributed by atoms with Gasteiger partial charge in [0.1, 0.15) is 6.10 Å². The van der Waals surface area contributed by atoms with E-state index in [1.807, 2.05) is 18.2 Å². The van der Waals surface area contributed by atoms with Crippen molar-refractivity contribution in [1.29, 1.82) is 0 Å². The molecule has 3 aromatic rings. The number of rotatable bonds is 5. The minimum absolute atomic E-state index is 0.0425. The molecule has 37 heavy (non-hydrogen) atoms. The fraction of sp³-hybridized carbons (Fsp3) is 0.385. The van der Waals surface area contributed by atoms with Gasteiger partial charge in [0, 0.05) is 35.6 Å². The lowest BCUT2D eigenvalue weighted by molar-refractivity contribution is -0.386. The van der Waals surface area contributed by atoms with Crippen LogP contribution in [0.25, 0.3) is 10.9 Å². The highest BCUT2D eigenvalue weighted by Crippen LogP contribution is 2.37. The molecule has 1 atom stereocenters. The summed E-state index contributed by atoms with van der Waals surface area (Å²) in [5.41, 5.74) is 0.963. The van der Waals surface area contributed by atoms with Crippen molar-refractivity contribution in [3.8, 4) is 5.75 Å². The third kappa shape index (κ3) is 5.27. The molecule has 11 heteroatoms. The van der Waals surface area contributed by atoms with Crippen molar-refractivity contribution in [3.05, 3.63) is 68.3 Å². The number of likely N-dealkylation sites (tertiary alicyclic amines) is 2. The maximum atomic E-state index is 13.4. The van der Waals surface area contributed by atoms with Crippen LogP contribution in [-0.2, 0) is 0 Å². The Hall–Kier alpha value is -3.60. The molecule has 2 aromatic carbocycles. The van der Waals surface area contributed by atoms with E-state index in [0.29, 0.717) is 53.4 Å². The molecule has 0 spiro atoms. The van der Waals surface area contributed by atoms with Gasteiger partial charge in [0.15, 0.2) is 0 Å². The SMILES string of the molecule is O=C(c1cc(Br)cc([N+](=O)[O-])c1O[C@@H]1CCCN(C(=O)c2cnnc3ccccc23)C1)N1CCCCC1. The molecule has 0 saturated carbocycles. The first-order valence-electron chi connectivity index (χ1n) is 12.4. The first-order chi connectivity index (χ1) is 17.9. The number of ether oxygens (including phenoxy) is 1. The Morgan fingerprint density at radius 3 is 2.51 bits per heavy atom. The number of aromatic nitrogens is 2. The average molecular weight is 568 g/mol. The predicted octanol–water partition coefficient (Wildman–Crippen LogP) is 4.61. The molecule has 1 aromatic heterocycles. The number of hydrogen-bond acceptors (Lipinski definition) is 7. The van der Waals surface area contributed by atoms with E-state index in [4.69, 9.17) is 4.74 Å².